The summed E-state index contributed by atoms with van der Waals surface area (Å²) in [6, 6.07) is 5.48. The fraction of sp³-hybridized carbons (Fsp3) is 0.333. The number of hydrogen-bond acceptors (Lipinski definition) is 5. The molecule has 1 aromatic heterocycles. The number of nitrogens with two attached hydrogens (primary N) is 1. The van der Waals surface area contributed by atoms with Crippen molar-refractivity contribution in [2.75, 3.05) is 19.4 Å². The minimum absolute atomic E-state index is 0.0474. The van der Waals surface area contributed by atoms with Gasteiger partial charge in [-0.05, 0) is 18.2 Å². The zero-order valence-electron chi connectivity index (χ0n) is 12.3. The molecule has 1 amide bonds. The van der Waals surface area contributed by atoms with Crippen molar-refractivity contribution in [2.45, 2.75) is 19.8 Å². The molecule has 0 fully saturated rings. The molecule has 112 valence electrons. The van der Waals surface area contributed by atoms with Gasteiger partial charge in [0.1, 0.15) is 5.75 Å². The van der Waals surface area contributed by atoms with E-state index >= 15 is 0 Å². The maximum atomic E-state index is 11.2. The summed E-state index contributed by atoms with van der Waals surface area (Å²) in [7, 11) is 1.56. The van der Waals surface area contributed by atoms with E-state index in [9.17, 15) is 4.79 Å². The molecule has 0 aliphatic rings. The highest BCUT2D eigenvalue weighted by Crippen LogP contribution is 2.30. The number of likely N-dealkylation sites (N-methyl/N-ethyl adjacent to an activating group) is 1. The molecule has 0 radical (unpaired) electrons. The Morgan fingerprint density at radius 3 is 2.81 bits per heavy atom. The lowest BCUT2D eigenvalue weighted by Gasteiger charge is -2.09. The second kappa shape index (κ2) is 6.58. The third-order valence-electron chi connectivity index (χ3n) is 2.96. The van der Waals surface area contributed by atoms with E-state index in [1.54, 1.807) is 24.5 Å². The number of nitrogen functional groups attached to an aromatic ring is 1. The van der Waals surface area contributed by atoms with Crippen LogP contribution in [-0.2, 0) is 4.79 Å². The van der Waals surface area contributed by atoms with Crippen molar-refractivity contribution in [1.29, 1.82) is 0 Å². The van der Waals surface area contributed by atoms with E-state index in [1.807, 2.05) is 17.5 Å². The van der Waals surface area contributed by atoms with E-state index in [0.29, 0.717) is 17.4 Å². The number of aromatic nitrogens is 1. The van der Waals surface area contributed by atoms with Crippen LogP contribution in [0.25, 0.3) is 11.3 Å². The number of carbonyl (C=O) groups excluding carboxylic acids is 1. The predicted molar refractivity (Wildman–Crippen MR) is 85.6 cm³/mol. The largest absolute Gasteiger partial charge is 0.482 e. The number of nitrogens with zero attached hydrogens (tertiary/aromatic N) is 1. The number of carbonyl (C=O) groups is 1. The number of thiazole rings is 1. The Bertz CT molecular complexity index is 638. The summed E-state index contributed by atoms with van der Waals surface area (Å²) in [5.74, 6) is 0.720. The van der Waals surface area contributed by atoms with Crippen LogP contribution in [0.5, 0.6) is 5.75 Å². The van der Waals surface area contributed by atoms with E-state index in [2.05, 4.69) is 24.1 Å². The van der Waals surface area contributed by atoms with Crippen LogP contribution in [0.3, 0.4) is 0 Å². The normalized spacial score (nSPS) is 10.7. The van der Waals surface area contributed by atoms with Crippen LogP contribution in [0.15, 0.2) is 23.6 Å². The number of nitrogens with one attached hydrogen (secondary N) is 1. The van der Waals surface area contributed by atoms with Crippen LogP contribution in [-0.4, -0.2) is 24.5 Å². The van der Waals surface area contributed by atoms with Gasteiger partial charge in [-0.3, -0.25) is 4.79 Å². The number of amides is 1. The SMILES string of the molecule is CNC(=O)COc1ccc(-c2csc(C(C)C)n2)cc1N. The van der Waals surface area contributed by atoms with Crippen LogP contribution >= 0.6 is 11.3 Å². The minimum atomic E-state index is -0.195. The molecular weight excluding hydrogens is 286 g/mol. The molecule has 2 aromatic rings. The Morgan fingerprint density at radius 1 is 1.48 bits per heavy atom. The standard InChI is InChI=1S/C15H19N3O2S/c1-9(2)15-18-12(8-21-15)10-4-5-13(11(16)6-10)20-7-14(19)17-3/h4-6,8-9H,7,16H2,1-3H3,(H,17,19). The molecule has 0 unspecified atom stereocenters. The minimum Gasteiger partial charge on any atom is -0.482 e. The summed E-state index contributed by atoms with van der Waals surface area (Å²) in [6.45, 7) is 4.19. The van der Waals surface area contributed by atoms with Gasteiger partial charge in [-0.25, -0.2) is 4.98 Å². The summed E-state index contributed by atoms with van der Waals surface area (Å²) in [4.78, 5) is 15.8. The van der Waals surface area contributed by atoms with E-state index in [-0.39, 0.29) is 12.5 Å². The van der Waals surface area contributed by atoms with Crippen LogP contribution in [0, 0.1) is 0 Å². The molecule has 0 bridgehead atoms. The first-order valence-electron chi connectivity index (χ1n) is 6.70. The van der Waals surface area contributed by atoms with Gasteiger partial charge in [0, 0.05) is 23.9 Å². The summed E-state index contributed by atoms with van der Waals surface area (Å²) < 4.78 is 5.37. The van der Waals surface area contributed by atoms with Crippen LogP contribution in [0.2, 0.25) is 0 Å². The fourth-order valence-corrected chi connectivity index (χ4v) is 2.58. The summed E-state index contributed by atoms with van der Waals surface area (Å²) in [5.41, 5.74) is 8.33. The lowest BCUT2D eigenvalue weighted by atomic mass is 10.1. The number of anilines is 1. The Morgan fingerprint density at radius 2 is 2.24 bits per heavy atom. The quantitative estimate of drug-likeness (QED) is 0.833. The average Bonchev–Trinajstić information content (AvgIpc) is 2.95. The van der Waals surface area contributed by atoms with Crippen molar-refractivity contribution in [3.05, 3.63) is 28.6 Å². The number of hydrogen-bond donors (Lipinski definition) is 2. The van der Waals surface area contributed by atoms with Crippen molar-refractivity contribution in [3.8, 4) is 17.0 Å². The van der Waals surface area contributed by atoms with Gasteiger partial charge < -0.3 is 15.8 Å². The predicted octanol–water partition coefficient (Wildman–Crippen LogP) is 2.64. The molecular formula is C15H19N3O2S. The van der Waals surface area contributed by atoms with E-state index in [1.165, 1.54) is 0 Å². The van der Waals surface area contributed by atoms with E-state index < -0.39 is 0 Å². The molecule has 2 rings (SSSR count). The Labute approximate surface area is 128 Å². The Hall–Kier alpha value is -2.08. The molecule has 0 aliphatic heterocycles. The summed E-state index contributed by atoms with van der Waals surface area (Å²) in [5, 5.41) is 5.62. The van der Waals surface area contributed by atoms with Gasteiger partial charge in [-0.1, -0.05) is 13.8 Å². The Kier molecular flexibility index (Phi) is 4.80. The first-order valence-corrected chi connectivity index (χ1v) is 7.58. The van der Waals surface area contributed by atoms with E-state index in [4.69, 9.17) is 10.5 Å². The first-order chi connectivity index (χ1) is 10.0. The second-order valence-corrected chi connectivity index (χ2v) is 5.83. The van der Waals surface area contributed by atoms with Crippen molar-refractivity contribution in [3.63, 3.8) is 0 Å². The van der Waals surface area contributed by atoms with Gasteiger partial charge in [0.25, 0.3) is 5.91 Å². The lowest BCUT2D eigenvalue weighted by Crippen LogP contribution is -2.25. The molecule has 1 aromatic carbocycles. The molecule has 0 saturated carbocycles. The van der Waals surface area contributed by atoms with Crippen LogP contribution in [0.1, 0.15) is 24.8 Å². The van der Waals surface area contributed by atoms with Gasteiger partial charge in [0.2, 0.25) is 0 Å². The van der Waals surface area contributed by atoms with Crippen LogP contribution < -0.4 is 15.8 Å². The molecule has 0 atom stereocenters. The molecule has 0 spiro atoms. The van der Waals surface area contributed by atoms with Crippen molar-refractivity contribution in [2.24, 2.45) is 0 Å². The number of benzene rings is 1. The third kappa shape index (κ3) is 3.72. The highest BCUT2D eigenvalue weighted by atomic mass is 32.1. The van der Waals surface area contributed by atoms with Gasteiger partial charge in [0.05, 0.1) is 16.4 Å². The monoisotopic (exact) mass is 305 g/mol. The smallest absolute Gasteiger partial charge is 0.257 e. The maximum absolute atomic E-state index is 11.2. The maximum Gasteiger partial charge on any atom is 0.257 e. The highest BCUT2D eigenvalue weighted by Gasteiger charge is 2.10. The van der Waals surface area contributed by atoms with Gasteiger partial charge in [-0.2, -0.15) is 0 Å². The summed E-state index contributed by atoms with van der Waals surface area (Å²) >= 11 is 1.64. The molecule has 1 heterocycles. The van der Waals surface area contributed by atoms with Crippen molar-refractivity contribution in [1.82, 2.24) is 10.3 Å². The van der Waals surface area contributed by atoms with Gasteiger partial charge >= 0.3 is 0 Å². The molecule has 3 N–H and O–H groups in total. The molecule has 0 aliphatic carbocycles. The van der Waals surface area contributed by atoms with Crippen LogP contribution in [0.4, 0.5) is 5.69 Å². The average molecular weight is 305 g/mol. The molecule has 0 saturated heterocycles. The van der Waals surface area contributed by atoms with Gasteiger partial charge in [-0.15, -0.1) is 11.3 Å². The zero-order chi connectivity index (χ0) is 15.4. The number of ether oxygens (including phenoxy) is 1. The lowest BCUT2D eigenvalue weighted by molar-refractivity contribution is -0.122. The first kappa shape index (κ1) is 15.3. The number of rotatable bonds is 5. The molecule has 5 nitrogen and oxygen atoms in total. The third-order valence-corrected chi connectivity index (χ3v) is 4.10. The van der Waals surface area contributed by atoms with Crippen molar-refractivity contribution < 1.29 is 9.53 Å². The molecule has 6 heteroatoms. The highest BCUT2D eigenvalue weighted by molar-refractivity contribution is 7.10. The topological polar surface area (TPSA) is 77.2 Å². The van der Waals surface area contributed by atoms with E-state index in [0.717, 1.165) is 16.3 Å². The van der Waals surface area contributed by atoms with Gasteiger partial charge in [0.15, 0.2) is 6.61 Å². The summed E-state index contributed by atoms with van der Waals surface area (Å²) in [6.07, 6.45) is 0. The fourth-order valence-electron chi connectivity index (χ4n) is 1.74. The van der Waals surface area contributed by atoms with Crippen molar-refractivity contribution >= 4 is 22.9 Å². The Balaban J connectivity index is 2.16. The zero-order valence-corrected chi connectivity index (χ0v) is 13.2. The molecule has 21 heavy (non-hydrogen) atoms. The second-order valence-electron chi connectivity index (χ2n) is 4.94.